The maximum Gasteiger partial charge on any atom is 0.305 e. The van der Waals surface area contributed by atoms with E-state index in [4.69, 9.17) is 12.2 Å². The largest absolute Gasteiger partial charge is 0.481 e. The van der Waals surface area contributed by atoms with E-state index in [0.29, 0.717) is 10.6 Å². The molecule has 6 nitrogen and oxygen atoms in total. The zero-order valence-electron chi connectivity index (χ0n) is 13.0. The number of nitrogens with zero attached hydrogens (tertiary/aromatic N) is 3. The maximum absolute atomic E-state index is 11.4. The molecule has 0 amide bonds. The molecule has 2 aromatic heterocycles. The van der Waals surface area contributed by atoms with Gasteiger partial charge in [-0.2, -0.15) is 5.10 Å². The Balaban J connectivity index is 2.15. The minimum absolute atomic E-state index is 0.0883. The van der Waals surface area contributed by atoms with Crippen LogP contribution in [0.5, 0.6) is 0 Å². The number of H-pyrrole nitrogens is 1. The van der Waals surface area contributed by atoms with Gasteiger partial charge >= 0.3 is 5.97 Å². The van der Waals surface area contributed by atoms with Crippen LogP contribution in [0, 0.1) is 11.7 Å². The van der Waals surface area contributed by atoms with Gasteiger partial charge in [-0.25, -0.2) is 0 Å². The van der Waals surface area contributed by atoms with Crippen LogP contribution in [0.15, 0.2) is 48.8 Å². The molecule has 0 aliphatic heterocycles. The Morgan fingerprint density at radius 1 is 1.25 bits per heavy atom. The standard InChI is InChI=1S/C17H16N4O2S/c1-11-2-4-12(5-3-11)14(10-15(22)23)21-16(19-20-17(21)24)13-6-8-18-9-7-13/h2-9,14H,10H2,1H3,(H,20,24)(H,22,23). The zero-order valence-corrected chi connectivity index (χ0v) is 13.8. The van der Waals surface area contributed by atoms with E-state index in [1.54, 1.807) is 17.0 Å². The fourth-order valence-electron chi connectivity index (χ4n) is 2.61. The number of hydrogen-bond acceptors (Lipinski definition) is 4. The summed E-state index contributed by atoms with van der Waals surface area (Å²) in [5.74, 6) is -0.307. The molecule has 0 spiro atoms. The summed E-state index contributed by atoms with van der Waals surface area (Å²) in [7, 11) is 0. The Labute approximate surface area is 143 Å². The molecule has 0 saturated heterocycles. The lowest BCUT2D eigenvalue weighted by Crippen LogP contribution is -2.16. The average molecular weight is 340 g/mol. The molecule has 24 heavy (non-hydrogen) atoms. The van der Waals surface area contributed by atoms with E-state index in [9.17, 15) is 9.90 Å². The van der Waals surface area contributed by atoms with Crippen molar-refractivity contribution < 1.29 is 9.90 Å². The van der Waals surface area contributed by atoms with Crippen molar-refractivity contribution in [3.05, 3.63) is 64.7 Å². The van der Waals surface area contributed by atoms with Gasteiger partial charge in [0.25, 0.3) is 0 Å². The summed E-state index contributed by atoms with van der Waals surface area (Å²) in [5, 5.41) is 16.4. The fraction of sp³-hybridized carbons (Fsp3) is 0.176. The van der Waals surface area contributed by atoms with Crippen LogP contribution < -0.4 is 0 Å². The van der Waals surface area contributed by atoms with E-state index >= 15 is 0 Å². The summed E-state index contributed by atoms with van der Waals surface area (Å²) < 4.78 is 2.14. The van der Waals surface area contributed by atoms with Gasteiger partial charge in [0, 0.05) is 18.0 Å². The highest BCUT2D eigenvalue weighted by molar-refractivity contribution is 7.71. The van der Waals surface area contributed by atoms with Gasteiger partial charge in [-0.15, -0.1) is 0 Å². The molecule has 3 aromatic rings. The van der Waals surface area contributed by atoms with E-state index in [0.717, 1.165) is 16.7 Å². The summed E-state index contributed by atoms with van der Waals surface area (Å²) >= 11 is 5.36. The van der Waals surface area contributed by atoms with Crippen molar-refractivity contribution in [2.75, 3.05) is 0 Å². The molecule has 122 valence electrons. The molecule has 0 fully saturated rings. The van der Waals surface area contributed by atoms with E-state index < -0.39 is 12.0 Å². The second-order valence-electron chi connectivity index (χ2n) is 5.48. The summed E-state index contributed by atoms with van der Waals surface area (Å²) in [6.07, 6.45) is 3.24. The molecule has 1 atom stereocenters. The lowest BCUT2D eigenvalue weighted by Gasteiger charge is -2.19. The second-order valence-corrected chi connectivity index (χ2v) is 5.87. The van der Waals surface area contributed by atoms with Crippen LogP contribution in [-0.4, -0.2) is 30.8 Å². The van der Waals surface area contributed by atoms with Crippen LogP contribution >= 0.6 is 12.2 Å². The van der Waals surface area contributed by atoms with E-state index in [1.165, 1.54) is 0 Å². The van der Waals surface area contributed by atoms with Crippen molar-refractivity contribution in [2.24, 2.45) is 0 Å². The number of aromatic nitrogens is 4. The Hall–Kier alpha value is -2.80. The minimum Gasteiger partial charge on any atom is -0.481 e. The third-order valence-corrected chi connectivity index (χ3v) is 4.07. The molecule has 0 aliphatic rings. The molecule has 1 aromatic carbocycles. The van der Waals surface area contributed by atoms with Crippen molar-refractivity contribution in [3.63, 3.8) is 0 Å². The minimum atomic E-state index is -0.899. The topological polar surface area (TPSA) is 83.8 Å². The average Bonchev–Trinajstić information content (AvgIpc) is 2.96. The van der Waals surface area contributed by atoms with E-state index in [1.807, 2.05) is 43.3 Å². The van der Waals surface area contributed by atoms with Crippen LogP contribution in [-0.2, 0) is 4.79 Å². The second kappa shape index (κ2) is 6.76. The number of aromatic amines is 1. The van der Waals surface area contributed by atoms with Crippen LogP contribution in [0.4, 0.5) is 0 Å². The number of carboxylic acid groups (broad SMARTS) is 1. The molecule has 7 heteroatoms. The lowest BCUT2D eigenvalue weighted by atomic mass is 10.0. The number of benzene rings is 1. The highest BCUT2D eigenvalue weighted by Gasteiger charge is 2.22. The monoisotopic (exact) mass is 340 g/mol. The molecular formula is C17H16N4O2S. The van der Waals surface area contributed by atoms with Crippen molar-refractivity contribution in [3.8, 4) is 11.4 Å². The highest BCUT2D eigenvalue weighted by Crippen LogP contribution is 2.28. The number of aryl methyl sites for hydroxylation is 1. The molecule has 1 unspecified atom stereocenters. The third kappa shape index (κ3) is 3.26. The number of rotatable bonds is 5. The number of nitrogens with one attached hydrogen (secondary N) is 1. The Bertz CT molecular complexity index is 900. The van der Waals surface area contributed by atoms with Gasteiger partial charge in [0.05, 0.1) is 12.5 Å². The molecule has 0 aliphatic carbocycles. The predicted octanol–water partition coefficient (Wildman–Crippen LogP) is 3.38. The number of aliphatic carboxylic acids is 1. The van der Waals surface area contributed by atoms with E-state index in [-0.39, 0.29) is 6.42 Å². The summed E-state index contributed by atoms with van der Waals surface area (Å²) in [6, 6.07) is 10.9. The Morgan fingerprint density at radius 2 is 1.92 bits per heavy atom. The first-order valence-electron chi connectivity index (χ1n) is 7.42. The van der Waals surface area contributed by atoms with Gasteiger partial charge < -0.3 is 5.11 Å². The summed E-state index contributed by atoms with van der Waals surface area (Å²) in [4.78, 5) is 15.4. The first-order chi connectivity index (χ1) is 11.6. The van der Waals surface area contributed by atoms with Gasteiger partial charge in [0.2, 0.25) is 0 Å². The quantitative estimate of drug-likeness (QED) is 0.696. The van der Waals surface area contributed by atoms with Crippen LogP contribution in [0.1, 0.15) is 23.6 Å². The SMILES string of the molecule is Cc1ccc(C(CC(=O)O)n2c(-c3ccncc3)n[nH]c2=S)cc1. The van der Waals surface area contributed by atoms with Crippen molar-refractivity contribution in [1.82, 2.24) is 19.7 Å². The van der Waals surface area contributed by atoms with Crippen LogP contribution in [0.2, 0.25) is 0 Å². The number of carbonyl (C=O) groups is 1. The zero-order chi connectivity index (χ0) is 17.1. The number of pyridine rings is 1. The van der Waals surface area contributed by atoms with E-state index in [2.05, 4.69) is 15.2 Å². The molecule has 0 saturated carbocycles. The molecule has 0 radical (unpaired) electrons. The van der Waals surface area contributed by atoms with Crippen LogP contribution in [0.3, 0.4) is 0 Å². The molecule has 3 rings (SSSR count). The van der Waals surface area contributed by atoms with Crippen LogP contribution in [0.25, 0.3) is 11.4 Å². The smallest absolute Gasteiger partial charge is 0.305 e. The Morgan fingerprint density at radius 3 is 2.54 bits per heavy atom. The molecule has 2 N–H and O–H groups in total. The fourth-order valence-corrected chi connectivity index (χ4v) is 2.87. The van der Waals surface area contributed by atoms with Gasteiger partial charge in [-0.3, -0.25) is 19.4 Å². The number of carboxylic acids is 1. The molecular weight excluding hydrogens is 324 g/mol. The van der Waals surface area contributed by atoms with Gasteiger partial charge in [-0.05, 0) is 36.8 Å². The summed E-state index contributed by atoms with van der Waals surface area (Å²) in [5.41, 5.74) is 2.80. The summed E-state index contributed by atoms with van der Waals surface area (Å²) in [6.45, 7) is 1.99. The van der Waals surface area contributed by atoms with Gasteiger partial charge in [-0.1, -0.05) is 29.8 Å². The van der Waals surface area contributed by atoms with Gasteiger partial charge in [0.15, 0.2) is 10.6 Å². The first kappa shape index (κ1) is 16.1. The Kier molecular flexibility index (Phi) is 4.52. The van der Waals surface area contributed by atoms with Gasteiger partial charge in [0.1, 0.15) is 0 Å². The first-order valence-corrected chi connectivity index (χ1v) is 7.82. The lowest BCUT2D eigenvalue weighted by molar-refractivity contribution is -0.137. The predicted molar refractivity (Wildman–Crippen MR) is 92.2 cm³/mol. The third-order valence-electron chi connectivity index (χ3n) is 3.78. The van der Waals surface area contributed by atoms with Crippen molar-refractivity contribution >= 4 is 18.2 Å². The maximum atomic E-state index is 11.4. The van der Waals surface area contributed by atoms with Crippen molar-refractivity contribution in [2.45, 2.75) is 19.4 Å². The normalized spacial score (nSPS) is 12.0. The van der Waals surface area contributed by atoms with Crippen molar-refractivity contribution in [1.29, 1.82) is 0 Å². The number of hydrogen-bond donors (Lipinski definition) is 2. The molecule has 0 bridgehead atoms. The highest BCUT2D eigenvalue weighted by atomic mass is 32.1. The molecule has 2 heterocycles.